The summed E-state index contributed by atoms with van der Waals surface area (Å²) < 4.78 is 1.92. The van der Waals surface area contributed by atoms with Crippen LogP contribution < -0.4 is 5.32 Å². The molecule has 1 heterocycles. The van der Waals surface area contributed by atoms with Crippen molar-refractivity contribution in [2.75, 3.05) is 5.32 Å². The largest absolute Gasteiger partial charge is 0.325 e. The van der Waals surface area contributed by atoms with Crippen LogP contribution in [0.2, 0.25) is 0 Å². The Kier molecular flexibility index (Phi) is 4.75. The summed E-state index contributed by atoms with van der Waals surface area (Å²) in [4.78, 5) is 17.1. The lowest BCUT2D eigenvalue weighted by molar-refractivity contribution is -0.115. The summed E-state index contributed by atoms with van der Waals surface area (Å²) in [7, 11) is 0. The molecular formula is C20H20N4OS. The molecule has 1 unspecified atom stereocenters. The minimum atomic E-state index is -0.283. The van der Waals surface area contributed by atoms with Gasteiger partial charge in [-0.3, -0.25) is 4.79 Å². The Labute approximate surface area is 156 Å². The van der Waals surface area contributed by atoms with Crippen molar-refractivity contribution in [3.63, 3.8) is 0 Å². The molecule has 0 saturated heterocycles. The molecule has 3 aromatic rings. The van der Waals surface area contributed by atoms with Crippen LogP contribution in [-0.2, 0) is 4.79 Å². The highest BCUT2D eigenvalue weighted by Gasteiger charge is 2.31. The normalized spacial score (nSPS) is 14.8. The molecule has 1 aliphatic carbocycles. The third-order valence-electron chi connectivity index (χ3n) is 4.25. The zero-order valence-electron chi connectivity index (χ0n) is 14.5. The first-order chi connectivity index (χ1) is 12.7. The van der Waals surface area contributed by atoms with Crippen LogP contribution in [0.4, 0.5) is 5.69 Å². The van der Waals surface area contributed by atoms with E-state index < -0.39 is 0 Å². The average molecular weight is 364 g/mol. The summed E-state index contributed by atoms with van der Waals surface area (Å²) in [5, 5.41) is 7.95. The van der Waals surface area contributed by atoms with E-state index in [1.807, 2.05) is 72.3 Å². The van der Waals surface area contributed by atoms with E-state index in [0.717, 1.165) is 30.0 Å². The number of benzene rings is 2. The molecule has 1 aromatic heterocycles. The second-order valence-electron chi connectivity index (χ2n) is 6.39. The number of hydrogen-bond acceptors (Lipinski definition) is 4. The van der Waals surface area contributed by atoms with Crippen LogP contribution in [0, 0.1) is 0 Å². The maximum Gasteiger partial charge on any atom is 0.237 e. The van der Waals surface area contributed by atoms with Gasteiger partial charge in [0, 0.05) is 11.6 Å². The van der Waals surface area contributed by atoms with E-state index in [9.17, 15) is 4.79 Å². The number of aromatic nitrogens is 3. The summed E-state index contributed by atoms with van der Waals surface area (Å²) in [5.41, 5.74) is 1.81. The van der Waals surface area contributed by atoms with E-state index in [-0.39, 0.29) is 11.2 Å². The molecule has 1 aliphatic rings. The van der Waals surface area contributed by atoms with Gasteiger partial charge in [-0.1, -0.05) is 48.2 Å². The molecule has 0 spiro atoms. The molecule has 2 aromatic carbocycles. The molecule has 1 saturated carbocycles. The fraction of sp³-hybridized carbons (Fsp3) is 0.250. The predicted octanol–water partition coefficient (Wildman–Crippen LogP) is 4.26. The standard InChI is InChI=1S/C20H20N4OS/c1-14(19(25)21-16-8-4-2-5-9-16)26-20-22-18(15-12-13-15)24(23-20)17-10-6-3-7-11-17/h2-11,14-15H,12-13H2,1H3,(H,21,25). The number of carbonyl (C=O) groups excluding carboxylic acids is 1. The molecule has 1 fully saturated rings. The van der Waals surface area contributed by atoms with Gasteiger partial charge in [-0.2, -0.15) is 0 Å². The second kappa shape index (κ2) is 7.33. The second-order valence-corrected chi connectivity index (χ2v) is 7.70. The molecular weight excluding hydrogens is 344 g/mol. The van der Waals surface area contributed by atoms with E-state index in [1.165, 1.54) is 11.8 Å². The number of rotatable bonds is 6. The Hall–Kier alpha value is -2.60. The van der Waals surface area contributed by atoms with Crippen LogP contribution in [0.5, 0.6) is 0 Å². The van der Waals surface area contributed by atoms with Crippen molar-refractivity contribution in [3.8, 4) is 5.69 Å². The molecule has 6 heteroatoms. The van der Waals surface area contributed by atoms with E-state index in [2.05, 4.69) is 10.4 Å². The topological polar surface area (TPSA) is 59.8 Å². The van der Waals surface area contributed by atoms with Crippen molar-refractivity contribution in [1.29, 1.82) is 0 Å². The average Bonchev–Trinajstić information content (AvgIpc) is 3.43. The first-order valence-corrected chi connectivity index (χ1v) is 9.63. The third-order valence-corrected chi connectivity index (χ3v) is 5.20. The number of carbonyl (C=O) groups is 1. The van der Waals surface area contributed by atoms with Crippen molar-refractivity contribution in [1.82, 2.24) is 14.8 Å². The maximum absolute atomic E-state index is 12.4. The Morgan fingerprint density at radius 3 is 2.42 bits per heavy atom. The van der Waals surface area contributed by atoms with Crippen molar-refractivity contribution in [3.05, 3.63) is 66.5 Å². The first kappa shape index (κ1) is 16.8. The van der Waals surface area contributed by atoms with E-state index >= 15 is 0 Å². The molecule has 1 N–H and O–H groups in total. The number of nitrogens with zero attached hydrogens (tertiary/aromatic N) is 3. The SMILES string of the molecule is CC(Sc1nc(C2CC2)n(-c2ccccc2)n1)C(=O)Nc1ccccc1. The molecule has 1 amide bonds. The fourth-order valence-electron chi connectivity index (χ4n) is 2.70. The van der Waals surface area contributed by atoms with Gasteiger partial charge in [-0.25, -0.2) is 9.67 Å². The van der Waals surface area contributed by atoms with Gasteiger partial charge in [0.2, 0.25) is 11.1 Å². The van der Waals surface area contributed by atoms with E-state index in [1.54, 1.807) is 0 Å². The van der Waals surface area contributed by atoms with Gasteiger partial charge < -0.3 is 5.32 Å². The van der Waals surface area contributed by atoms with Gasteiger partial charge in [-0.15, -0.1) is 5.10 Å². The van der Waals surface area contributed by atoms with Crippen LogP contribution in [0.3, 0.4) is 0 Å². The Morgan fingerprint density at radius 1 is 1.12 bits per heavy atom. The fourth-order valence-corrected chi connectivity index (χ4v) is 3.45. The zero-order valence-corrected chi connectivity index (χ0v) is 15.3. The third kappa shape index (κ3) is 3.80. The molecule has 1 atom stereocenters. The molecule has 132 valence electrons. The van der Waals surface area contributed by atoms with Gasteiger partial charge in [0.15, 0.2) is 0 Å². The lowest BCUT2D eigenvalue weighted by Gasteiger charge is -2.09. The summed E-state index contributed by atoms with van der Waals surface area (Å²) in [6.45, 7) is 1.88. The van der Waals surface area contributed by atoms with Gasteiger partial charge >= 0.3 is 0 Å². The number of thioether (sulfide) groups is 1. The molecule has 26 heavy (non-hydrogen) atoms. The zero-order chi connectivity index (χ0) is 17.9. The maximum atomic E-state index is 12.4. The minimum absolute atomic E-state index is 0.0507. The van der Waals surface area contributed by atoms with Gasteiger partial charge in [-0.05, 0) is 44.0 Å². The number of amides is 1. The highest BCUT2D eigenvalue weighted by molar-refractivity contribution is 8.00. The monoisotopic (exact) mass is 364 g/mol. The smallest absolute Gasteiger partial charge is 0.237 e. The number of para-hydroxylation sites is 2. The quantitative estimate of drug-likeness (QED) is 0.664. The Balaban J connectivity index is 1.50. The molecule has 0 radical (unpaired) electrons. The Bertz CT molecular complexity index is 891. The highest BCUT2D eigenvalue weighted by atomic mass is 32.2. The van der Waals surface area contributed by atoms with Crippen LogP contribution >= 0.6 is 11.8 Å². The van der Waals surface area contributed by atoms with Crippen LogP contribution in [0.15, 0.2) is 65.8 Å². The van der Waals surface area contributed by atoms with E-state index in [4.69, 9.17) is 4.98 Å². The van der Waals surface area contributed by atoms with Gasteiger partial charge in [0.1, 0.15) is 5.82 Å². The van der Waals surface area contributed by atoms with Crippen LogP contribution in [-0.4, -0.2) is 25.9 Å². The van der Waals surface area contributed by atoms with Crippen molar-refractivity contribution < 1.29 is 4.79 Å². The first-order valence-electron chi connectivity index (χ1n) is 8.75. The van der Waals surface area contributed by atoms with Crippen LogP contribution in [0.1, 0.15) is 31.5 Å². The van der Waals surface area contributed by atoms with Crippen LogP contribution in [0.25, 0.3) is 5.69 Å². The van der Waals surface area contributed by atoms with Crippen molar-refractivity contribution in [2.24, 2.45) is 0 Å². The molecule has 4 rings (SSSR count). The summed E-state index contributed by atoms with van der Waals surface area (Å²) in [6, 6.07) is 19.5. The summed E-state index contributed by atoms with van der Waals surface area (Å²) in [5.74, 6) is 1.42. The number of hydrogen-bond donors (Lipinski definition) is 1. The van der Waals surface area contributed by atoms with E-state index in [0.29, 0.717) is 11.1 Å². The summed E-state index contributed by atoms with van der Waals surface area (Å²) >= 11 is 1.39. The Morgan fingerprint density at radius 2 is 1.77 bits per heavy atom. The van der Waals surface area contributed by atoms with Crippen molar-refractivity contribution >= 4 is 23.4 Å². The lowest BCUT2D eigenvalue weighted by Crippen LogP contribution is -2.22. The predicted molar refractivity (Wildman–Crippen MR) is 104 cm³/mol. The molecule has 0 aliphatic heterocycles. The lowest BCUT2D eigenvalue weighted by atomic mass is 10.3. The molecule has 0 bridgehead atoms. The minimum Gasteiger partial charge on any atom is -0.325 e. The van der Waals surface area contributed by atoms with Gasteiger partial charge in [0.05, 0.1) is 10.9 Å². The number of nitrogens with one attached hydrogen (secondary N) is 1. The van der Waals surface area contributed by atoms with Crippen molar-refractivity contribution in [2.45, 2.75) is 36.1 Å². The molecule has 5 nitrogen and oxygen atoms in total. The van der Waals surface area contributed by atoms with Gasteiger partial charge in [0.25, 0.3) is 0 Å². The highest BCUT2D eigenvalue weighted by Crippen LogP contribution is 2.40. The summed E-state index contributed by atoms with van der Waals surface area (Å²) in [6.07, 6.45) is 2.30. The number of anilines is 1.